The van der Waals surface area contributed by atoms with E-state index in [1.54, 1.807) is 19.4 Å². The number of hydrogen-bond donors (Lipinski definition) is 1. The second kappa shape index (κ2) is 7.71. The number of benzene rings is 1. The zero-order valence-corrected chi connectivity index (χ0v) is 16.9. The SMILES string of the molecule is CC(O)c1nccc(N2CCN(c3ncnc(-c4ccccc4)n3)CC2(C)C)n1. The molecule has 1 aliphatic rings. The molecule has 0 amide bonds. The van der Waals surface area contributed by atoms with Gasteiger partial charge in [-0.15, -0.1) is 0 Å². The Morgan fingerprint density at radius 3 is 2.52 bits per heavy atom. The van der Waals surface area contributed by atoms with Crippen LogP contribution in [0.5, 0.6) is 0 Å². The quantitative estimate of drug-likeness (QED) is 0.725. The molecule has 4 rings (SSSR count). The second-order valence-corrected chi connectivity index (χ2v) is 7.81. The zero-order chi connectivity index (χ0) is 20.4. The van der Waals surface area contributed by atoms with Crippen LogP contribution in [0, 0.1) is 0 Å². The van der Waals surface area contributed by atoms with E-state index in [4.69, 9.17) is 4.98 Å². The molecule has 1 unspecified atom stereocenters. The van der Waals surface area contributed by atoms with E-state index in [9.17, 15) is 5.11 Å². The summed E-state index contributed by atoms with van der Waals surface area (Å²) in [5, 5.41) is 9.81. The van der Waals surface area contributed by atoms with Crippen molar-refractivity contribution in [1.29, 1.82) is 0 Å². The molecule has 29 heavy (non-hydrogen) atoms. The molecule has 0 bridgehead atoms. The number of hydrogen-bond acceptors (Lipinski definition) is 8. The van der Waals surface area contributed by atoms with Crippen molar-refractivity contribution in [2.45, 2.75) is 32.4 Å². The van der Waals surface area contributed by atoms with Gasteiger partial charge in [0, 0.05) is 31.4 Å². The maximum Gasteiger partial charge on any atom is 0.229 e. The number of aliphatic hydroxyl groups excluding tert-OH is 1. The highest BCUT2D eigenvalue weighted by Gasteiger charge is 2.36. The predicted molar refractivity (Wildman–Crippen MR) is 112 cm³/mol. The summed E-state index contributed by atoms with van der Waals surface area (Å²) in [6.45, 7) is 8.27. The Labute approximate surface area is 170 Å². The van der Waals surface area contributed by atoms with Crippen molar-refractivity contribution < 1.29 is 5.11 Å². The van der Waals surface area contributed by atoms with Crippen LogP contribution in [-0.2, 0) is 0 Å². The first kappa shape index (κ1) is 19.2. The molecule has 150 valence electrons. The highest BCUT2D eigenvalue weighted by atomic mass is 16.3. The van der Waals surface area contributed by atoms with E-state index in [1.807, 2.05) is 36.4 Å². The predicted octanol–water partition coefficient (Wildman–Crippen LogP) is 2.49. The van der Waals surface area contributed by atoms with E-state index in [2.05, 4.69) is 43.6 Å². The van der Waals surface area contributed by atoms with Gasteiger partial charge >= 0.3 is 0 Å². The molecule has 8 heteroatoms. The van der Waals surface area contributed by atoms with E-state index >= 15 is 0 Å². The van der Waals surface area contributed by atoms with E-state index in [0.29, 0.717) is 17.6 Å². The first-order valence-corrected chi connectivity index (χ1v) is 9.72. The third-order valence-corrected chi connectivity index (χ3v) is 5.09. The standard InChI is InChI=1S/C21H25N7O/c1-15(29)18-22-10-9-17(25-18)28-12-11-27(13-21(28,2)3)20-24-14-23-19(26-20)16-7-5-4-6-8-16/h4-10,14-15,29H,11-13H2,1-3H3. The molecule has 3 heterocycles. The molecular formula is C21H25N7O. The van der Waals surface area contributed by atoms with Gasteiger partial charge in [0.15, 0.2) is 11.6 Å². The van der Waals surface area contributed by atoms with Crippen LogP contribution in [0.4, 0.5) is 11.8 Å². The third-order valence-electron chi connectivity index (χ3n) is 5.09. The first-order valence-electron chi connectivity index (χ1n) is 9.72. The largest absolute Gasteiger partial charge is 0.385 e. The Morgan fingerprint density at radius 2 is 1.79 bits per heavy atom. The van der Waals surface area contributed by atoms with Gasteiger partial charge in [0.1, 0.15) is 18.2 Å². The number of aromatic nitrogens is 5. The highest BCUT2D eigenvalue weighted by Crippen LogP contribution is 2.29. The monoisotopic (exact) mass is 391 g/mol. The van der Waals surface area contributed by atoms with Crippen molar-refractivity contribution in [3.05, 3.63) is 54.7 Å². The van der Waals surface area contributed by atoms with Gasteiger partial charge in [0.25, 0.3) is 0 Å². The molecule has 3 aromatic rings. The smallest absolute Gasteiger partial charge is 0.229 e. The molecule has 1 aromatic carbocycles. The topological polar surface area (TPSA) is 91.2 Å². The van der Waals surface area contributed by atoms with Crippen LogP contribution >= 0.6 is 0 Å². The average molecular weight is 391 g/mol. The first-order chi connectivity index (χ1) is 13.9. The Kier molecular flexibility index (Phi) is 5.10. The van der Waals surface area contributed by atoms with E-state index in [1.165, 1.54) is 0 Å². The molecule has 1 aliphatic heterocycles. The van der Waals surface area contributed by atoms with Crippen molar-refractivity contribution in [2.24, 2.45) is 0 Å². The summed E-state index contributed by atoms with van der Waals surface area (Å²) < 4.78 is 0. The number of aliphatic hydroxyl groups is 1. The minimum absolute atomic E-state index is 0.206. The summed E-state index contributed by atoms with van der Waals surface area (Å²) in [5.41, 5.74) is 0.767. The minimum atomic E-state index is -0.694. The lowest BCUT2D eigenvalue weighted by Gasteiger charge is -2.47. The number of nitrogens with zero attached hydrogens (tertiary/aromatic N) is 7. The van der Waals surface area contributed by atoms with Crippen molar-refractivity contribution in [1.82, 2.24) is 24.9 Å². The van der Waals surface area contributed by atoms with Crippen LogP contribution in [0.2, 0.25) is 0 Å². The van der Waals surface area contributed by atoms with Crippen LogP contribution in [0.3, 0.4) is 0 Å². The lowest BCUT2D eigenvalue weighted by Crippen LogP contribution is -2.60. The van der Waals surface area contributed by atoms with Gasteiger partial charge in [-0.3, -0.25) is 0 Å². The van der Waals surface area contributed by atoms with Gasteiger partial charge in [-0.2, -0.15) is 4.98 Å². The van der Waals surface area contributed by atoms with Crippen LogP contribution in [0.15, 0.2) is 48.9 Å². The summed E-state index contributed by atoms with van der Waals surface area (Å²) in [6.07, 6.45) is 2.58. The molecule has 1 saturated heterocycles. The molecule has 1 atom stereocenters. The molecule has 0 spiro atoms. The van der Waals surface area contributed by atoms with Crippen molar-refractivity contribution in [3.63, 3.8) is 0 Å². The number of piperazine rings is 1. The average Bonchev–Trinajstić information content (AvgIpc) is 2.74. The maximum absolute atomic E-state index is 9.81. The van der Waals surface area contributed by atoms with Crippen LogP contribution in [0.25, 0.3) is 11.4 Å². The molecule has 0 radical (unpaired) electrons. The van der Waals surface area contributed by atoms with Gasteiger partial charge in [-0.1, -0.05) is 30.3 Å². The van der Waals surface area contributed by atoms with Crippen molar-refractivity contribution >= 4 is 11.8 Å². The van der Waals surface area contributed by atoms with Crippen LogP contribution in [0.1, 0.15) is 32.7 Å². The zero-order valence-electron chi connectivity index (χ0n) is 16.9. The van der Waals surface area contributed by atoms with E-state index in [0.717, 1.165) is 31.0 Å². The molecule has 8 nitrogen and oxygen atoms in total. The number of rotatable bonds is 4. The Balaban J connectivity index is 1.56. The fraction of sp³-hybridized carbons (Fsp3) is 0.381. The molecular weight excluding hydrogens is 366 g/mol. The molecule has 0 aliphatic carbocycles. The second-order valence-electron chi connectivity index (χ2n) is 7.81. The maximum atomic E-state index is 9.81. The normalized spacial score (nSPS) is 17.2. The summed E-state index contributed by atoms with van der Waals surface area (Å²) in [6, 6.07) is 11.8. The van der Waals surface area contributed by atoms with Gasteiger partial charge in [-0.05, 0) is 26.8 Å². The highest BCUT2D eigenvalue weighted by molar-refractivity contribution is 5.56. The molecule has 1 fully saturated rings. The summed E-state index contributed by atoms with van der Waals surface area (Å²) in [4.78, 5) is 26.6. The van der Waals surface area contributed by atoms with Gasteiger partial charge in [-0.25, -0.2) is 19.9 Å². The Hall–Kier alpha value is -3.13. The van der Waals surface area contributed by atoms with Gasteiger partial charge < -0.3 is 14.9 Å². The van der Waals surface area contributed by atoms with Crippen molar-refractivity contribution in [2.75, 3.05) is 29.4 Å². The van der Waals surface area contributed by atoms with Gasteiger partial charge in [0.2, 0.25) is 5.95 Å². The third kappa shape index (κ3) is 4.02. The number of anilines is 2. The fourth-order valence-electron chi connectivity index (χ4n) is 3.63. The van der Waals surface area contributed by atoms with Crippen LogP contribution in [-0.4, -0.2) is 55.2 Å². The fourth-order valence-corrected chi connectivity index (χ4v) is 3.63. The van der Waals surface area contributed by atoms with E-state index < -0.39 is 6.10 Å². The van der Waals surface area contributed by atoms with Crippen molar-refractivity contribution in [3.8, 4) is 11.4 Å². The molecule has 2 aromatic heterocycles. The molecule has 0 saturated carbocycles. The summed E-state index contributed by atoms with van der Waals surface area (Å²) in [5.74, 6) is 2.61. The Morgan fingerprint density at radius 1 is 1.00 bits per heavy atom. The lowest BCUT2D eigenvalue weighted by molar-refractivity contribution is 0.188. The lowest BCUT2D eigenvalue weighted by atomic mass is 9.99. The molecule has 1 N–H and O–H groups in total. The van der Waals surface area contributed by atoms with Crippen LogP contribution < -0.4 is 9.80 Å². The van der Waals surface area contributed by atoms with Gasteiger partial charge in [0.05, 0.1) is 5.54 Å². The Bertz CT molecular complexity index is 978. The minimum Gasteiger partial charge on any atom is -0.385 e. The van der Waals surface area contributed by atoms with E-state index in [-0.39, 0.29) is 5.54 Å². The summed E-state index contributed by atoms with van der Waals surface area (Å²) >= 11 is 0. The summed E-state index contributed by atoms with van der Waals surface area (Å²) in [7, 11) is 0.